The minimum atomic E-state index is -0.645. The van der Waals surface area contributed by atoms with E-state index in [9.17, 15) is 10.3 Å². The number of hydrazine groups is 1. The fourth-order valence-electron chi connectivity index (χ4n) is 1.13. The van der Waals surface area contributed by atoms with Gasteiger partial charge >= 0.3 is 0 Å². The van der Waals surface area contributed by atoms with Gasteiger partial charge in [-0.15, -0.1) is 5.01 Å². The summed E-state index contributed by atoms with van der Waals surface area (Å²) in [5, 5.41) is 25.9. The minimum Gasteiger partial charge on any atom is -0.569 e. The van der Waals surface area contributed by atoms with Crippen LogP contribution in [0.25, 0.3) is 0 Å². The monoisotopic (exact) mass is 261 g/mol. The molecule has 0 rings (SSSR count). The SMILES string of the molecule is CN(/[N+]([O-])=N/OCCCCC(C)(C)O)C(C)(C)C. The molecule has 6 nitrogen and oxygen atoms in total. The number of nitrogens with zero attached hydrogens (tertiary/aromatic N) is 3. The van der Waals surface area contributed by atoms with Gasteiger partial charge in [-0.2, -0.15) is 0 Å². The zero-order valence-electron chi connectivity index (χ0n) is 12.4. The fourth-order valence-corrected chi connectivity index (χ4v) is 1.13. The molecule has 18 heavy (non-hydrogen) atoms. The van der Waals surface area contributed by atoms with Gasteiger partial charge in [0.25, 0.3) is 0 Å². The first kappa shape index (κ1) is 17.0. The molecule has 0 aliphatic heterocycles. The Morgan fingerprint density at radius 1 is 1.22 bits per heavy atom. The molecule has 0 radical (unpaired) electrons. The largest absolute Gasteiger partial charge is 0.569 e. The summed E-state index contributed by atoms with van der Waals surface area (Å²) in [7, 11) is 1.66. The first-order chi connectivity index (χ1) is 8.04. The van der Waals surface area contributed by atoms with Crippen LogP contribution < -0.4 is 0 Å². The maximum atomic E-state index is 11.5. The summed E-state index contributed by atoms with van der Waals surface area (Å²) in [6.45, 7) is 9.67. The number of rotatable bonds is 7. The van der Waals surface area contributed by atoms with Gasteiger partial charge in [0.1, 0.15) is 6.61 Å². The van der Waals surface area contributed by atoms with Crippen molar-refractivity contribution < 1.29 is 14.9 Å². The molecule has 0 aromatic carbocycles. The standard InChI is InChI=1S/C12H27N3O3/c1-11(2,3)14(6)15(17)13-18-10-8-7-9-12(4,5)16/h16H,7-10H2,1-6H3/b15-13-. The Kier molecular flexibility index (Phi) is 6.38. The van der Waals surface area contributed by atoms with Crippen molar-refractivity contribution >= 4 is 0 Å². The Bertz CT molecular complexity index is 267. The lowest BCUT2D eigenvalue weighted by Gasteiger charge is -2.26. The molecule has 0 bridgehead atoms. The second-order valence-electron chi connectivity index (χ2n) is 6.13. The average Bonchev–Trinajstić information content (AvgIpc) is 2.18. The lowest BCUT2D eigenvalue weighted by atomic mass is 10.0. The molecule has 0 unspecified atom stereocenters. The molecule has 0 saturated carbocycles. The molecule has 0 aromatic heterocycles. The van der Waals surface area contributed by atoms with Crippen LogP contribution in [0.15, 0.2) is 5.28 Å². The Morgan fingerprint density at radius 2 is 1.78 bits per heavy atom. The van der Waals surface area contributed by atoms with E-state index < -0.39 is 5.60 Å². The van der Waals surface area contributed by atoms with Crippen molar-refractivity contribution in [1.82, 2.24) is 5.01 Å². The molecule has 0 spiro atoms. The quantitative estimate of drug-likeness (QED) is 0.331. The normalized spacial score (nSPS) is 13.6. The fraction of sp³-hybridized carbons (Fsp3) is 1.00. The van der Waals surface area contributed by atoms with Crippen molar-refractivity contribution in [2.24, 2.45) is 5.28 Å². The minimum absolute atomic E-state index is 0.296. The van der Waals surface area contributed by atoms with E-state index in [2.05, 4.69) is 5.28 Å². The zero-order valence-corrected chi connectivity index (χ0v) is 12.4. The molecule has 0 aliphatic rings. The third-order valence-corrected chi connectivity index (χ3v) is 2.63. The van der Waals surface area contributed by atoms with Gasteiger partial charge in [-0.05, 0) is 53.9 Å². The number of hydrogen-bond donors (Lipinski definition) is 1. The molecule has 108 valence electrons. The first-order valence-electron chi connectivity index (χ1n) is 6.30. The van der Waals surface area contributed by atoms with Crippen molar-refractivity contribution in [3.63, 3.8) is 0 Å². The van der Waals surface area contributed by atoms with E-state index >= 15 is 0 Å². The summed E-state index contributed by atoms with van der Waals surface area (Å²) in [5.74, 6) is 0. The summed E-state index contributed by atoms with van der Waals surface area (Å²) in [5.41, 5.74) is -0.941. The van der Waals surface area contributed by atoms with Gasteiger partial charge in [-0.3, -0.25) is 0 Å². The molecule has 0 saturated heterocycles. The topological polar surface area (TPSA) is 71.1 Å². The van der Waals surface area contributed by atoms with Crippen LogP contribution in [0.1, 0.15) is 53.9 Å². The highest BCUT2D eigenvalue weighted by Crippen LogP contribution is 2.12. The van der Waals surface area contributed by atoms with Crippen molar-refractivity contribution in [1.29, 1.82) is 0 Å². The molecule has 0 heterocycles. The third kappa shape index (κ3) is 8.11. The van der Waals surface area contributed by atoms with Crippen molar-refractivity contribution in [3.05, 3.63) is 5.21 Å². The summed E-state index contributed by atoms with van der Waals surface area (Å²) < 4.78 is 0. The lowest BCUT2D eigenvalue weighted by molar-refractivity contribution is -0.719. The van der Waals surface area contributed by atoms with Crippen LogP contribution >= 0.6 is 0 Å². The van der Waals surface area contributed by atoms with E-state index in [1.54, 1.807) is 20.9 Å². The number of aliphatic hydroxyl groups is 1. The van der Waals surface area contributed by atoms with Crippen LogP contribution in [0.5, 0.6) is 0 Å². The molecule has 0 atom stereocenters. The summed E-state index contributed by atoms with van der Waals surface area (Å²) >= 11 is 0. The van der Waals surface area contributed by atoms with Crippen LogP contribution in [-0.4, -0.2) is 39.9 Å². The predicted molar refractivity (Wildman–Crippen MR) is 69.7 cm³/mol. The van der Waals surface area contributed by atoms with Gasteiger partial charge in [0.2, 0.25) is 5.28 Å². The van der Waals surface area contributed by atoms with Crippen LogP contribution in [0.3, 0.4) is 0 Å². The number of hydrogen-bond acceptors (Lipinski definition) is 4. The smallest absolute Gasteiger partial charge is 0.233 e. The van der Waals surface area contributed by atoms with Crippen molar-refractivity contribution in [3.8, 4) is 0 Å². The molecule has 0 fully saturated rings. The molecule has 0 amide bonds. The lowest BCUT2D eigenvalue weighted by Crippen LogP contribution is -2.42. The Hall–Kier alpha value is -1.04. The van der Waals surface area contributed by atoms with Crippen molar-refractivity contribution in [2.45, 2.75) is 65.0 Å². The number of unbranched alkanes of at least 4 members (excludes halogenated alkanes) is 1. The van der Waals surface area contributed by atoms with Crippen molar-refractivity contribution in [2.75, 3.05) is 13.7 Å². The Balaban J connectivity index is 3.83. The predicted octanol–water partition coefficient (Wildman–Crippen LogP) is 2.47. The molecule has 0 aromatic rings. The molecule has 6 heteroatoms. The summed E-state index contributed by atoms with van der Waals surface area (Å²) in [6.07, 6.45) is 2.31. The second-order valence-corrected chi connectivity index (χ2v) is 6.13. The summed E-state index contributed by atoms with van der Waals surface area (Å²) in [6, 6.07) is 0. The van der Waals surface area contributed by atoms with E-state index in [0.29, 0.717) is 18.0 Å². The summed E-state index contributed by atoms with van der Waals surface area (Å²) in [4.78, 5) is 5.40. The van der Waals surface area contributed by atoms with Gasteiger partial charge in [0, 0.05) is 0 Å². The first-order valence-corrected chi connectivity index (χ1v) is 6.30. The molecular weight excluding hydrogens is 234 g/mol. The second kappa shape index (κ2) is 6.78. The van der Waals surface area contributed by atoms with Gasteiger partial charge in [0.15, 0.2) is 0 Å². The molecule has 1 N–H and O–H groups in total. The Morgan fingerprint density at radius 3 is 2.22 bits per heavy atom. The van der Waals surface area contributed by atoms with E-state index in [0.717, 1.165) is 12.8 Å². The third-order valence-electron chi connectivity index (χ3n) is 2.63. The average molecular weight is 261 g/mol. The zero-order chi connectivity index (χ0) is 14.4. The highest BCUT2D eigenvalue weighted by molar-refractivity contribution is 4.65. The van der Waals surface area contributed by atoms with Crippen LogP contribution in [0.2, 0.25) is 0 Å². The van der Waals surface area contributed by atoms with Gasteiger partial charge < -0.3 is 15.2 Å². The molecular formula is C12H27N3O3. The van der Waals surface area contributed by atoms with E-state index in [1.165, 1.54) is 5.01 Å². The van der Waals surface area contributed by atoms with Crippen LogP contribution in [0, 0.1) is 5.21 Å². The maximum absolute atomic E-state index is 11.5. The highest BCUT2D eigenvalue weighted by Gasteiger charge is 2.24. The highest BCUT2D eigenvalue weighted by atomic mass is 16.7. The van der Waals surface area contributed by atoms with E-state index in [4.69, 9.17) is 4.84 Å². The van der Waals surface area contributed by atoms with Gasteiger partial charge in [0.05, 0.1) is 23.2 Å². The van der Waals surface area contributed by atoms with Gasteiger partial charge in [-0.25, -0.2) is 0 Å². The van der Waals surface area contributed by atoms with Crippen LogP contribution in [0.4, 0.5) is 0 Å². The Labute approximate surface area is 110 Å². The van der Waals surface area contributed by atoms with E-state index in [1.807, 2.05) is 20.8 Å². The van der Waals surface area contributed by atoms with E-state index in [-0.39, 0.29) is 5.54 Å². The van der Waals surface area contributed by atoms with Gasteiger partial charge in [-0.1, -0.05) is 0 Å². The van der Waals surface area contributed by atoms with Crippen LogP contribution in [-0.2, 0) is 4.84 Å². The molecule has 0 aliphatic carbocycles. The maximum Gasteiger partial charge on any atom is 0.233 e.